The van der Waals surface area contributed by atoms with Gasteiger partial charge in [0.15, 0.2) is 0 Å². The van der Waals surface area contributed by atoms with Gasteiger partial charge in [0.05, 0.1) is 16.9 Å². The molecule has 0 radical (unpaired) electrons. The highest BCUT2D eigenvalue weighted by molar-refractivity contribution is 7.91. The van der Waals surface area contributed by atoms with Crippen LogP contribution in [0.4, 0.5) is 0 Å². The highest BCUT2D eigenvalue weighted by Gasteiger charge is 2.20. The predicted octanol–water partition coefficient (Wildman–Crippen LogP) is 1.17. The first kappa shape index (κ1) is 15.4. The molecule has 0 saturated heterocycles. The fourth-order valence-corrected chi connectivity index (χ4v) is 3.74. The third-order valence-electron chi connectivity index (χ3n) is 2.05. The number of halogens is 1. The number of sulfonamides is 1. The summed E-state index contributed by atoms with van der Waals surface area (Å²) in [6.07, 6.45) is -0.989. The zero-order valence-corrected chi connectivity index (χ0v) is 11.8. The van der Waals surface area contributed by atoms with E-state index in [-0.39, 0.29) is 17.2 Å². The summed E-state index contributed by atoms with van der Waals surface area (Å²) in [6, 6.07) is 2.86. The van der Waals surface area contributed by atoms with Crippen molar-refractivity contribution in [1.29, 1.82) is 0 Å². The second-order valence-electron chi connectivity index (χ2n) is 3.37. The molecule has 0 amide bonds. The number of aliphatic carboxylic acids is 1. The number of rotatable bonds is 7. The van der Waals surface area contributed by atoms with Crippen molar-refractivity contribution >= 4 is 38.9 Å². The highest BCUT2D eigenvalue weighted by Crippen LogP contribution is 2.25. The van der Waals surface area contributed by atoms with Crippen LogP contribution in [0, 0.1) is 0 Å². The Balaban J connectivity index is 2.64. The molecule has 18 heavy (non-hydrogen) atoms. The molecule has 0 aromatic carbocycles. The fraction of sp³-hybridized carbons (Fsp3) is 0.444. The lowest BCUT2D eigenvalue weighted by Gasteiger charge is -2.13. The molecule has 1 rings (SSSR count). The number of nitrogens with one attached hydrogen (secondary N) is 1. The van der Waals surface area contributed by atoms with Crippen molar-refractivity contribution in [3.05, 3.63) is 16.5 Å². The second kappa shape index (κ2) is 6.48. The van der Waals surface area contributed by atoms with Gasteiger partial charge in [0.25, 0.3) is 0 Å². The van der Waals surface area contributed by atoms with Gasteiger partial charge in [0.2, 0.25) is 10.0 Å². The Morgan fingerprint density at radius 1 is 1.61 bits per heavy atom. The number of methoxy groups -OCH3 is 1. The molecule has 102 valence electrons. The van der Waals surface area contributed by atoms with Crippen molar-refractivity contribution in [2.75, 3.05) is 13.7 Å². The minimum atomic E-state index is -3.67. The molecule has 0 aliphatic heterocycles. The van der Waals surface area contributed by atoms with E-state index in [1.54, 1.807) is 0 Å². The Kier molecular flexibility index (Phi) is 5.54. The van der Waals surface area contributed by atoms with E-state index in [9.17, 15) is 13.2 Å². The van der Waals surface area contributed by atoms with Gasteiger partial charge in [-0.15, -0.1) is 11.3 Å². The lowest BCUT2D eigenvalue weighted by molar-refractivity contribution is -0.139. The first-order chi connectivity index (χ1) is 8.35. The van der Waals surface area contributed by atoms with Crippen LogP contribution in [0.2, 0.25) is 4.34 Å². The average Bonchev–Trinajstić information content (AvgIpc) is 2.71. The van der Waals surface area contributed by atoms with E-state index in [1.165, 1.54) is 19.2 Å². The van der Waals surface area contributed by atoms with E-state index in [0.717, 1.165) is 11.3 Å². The zero-order chi connectivity index (χ0) is 13.8. The van der Waals surface area contributed by atoms with Crippen molar-refractivity contribution in [2.24, 2.45) is 0 Å². The van der Waals surface area contributed by atoms with Crippen LogP contribution in [0.5, 0.6) is 0 Å². The van der Waals surface area contributed by atoms with Crippen molar-refractivity contribution in [3.63, 3.8) is 0 Å². The number of carbonyl (C=O) groups is 1. The first-order valence-corrected chi connectivity index (χ1v) is 7.52. The van der Waals surface area contributed by atoms with Gasteiger partial charge in [-0.25, -0.2) is 13.1 Å². The topological polar surface area (TPSA) is 92.7 Å². The summed E-state index contributed by atoms with van der Waals surface area (Å²) in [5.74, 6) is -1.06. The molecule has 0 spiro atoms. The first-order valence-electron chi connectivity index (χ1n) is 4.84. The average molecular weight is 314 g/mol. The molecule has 0 aliphatic carbocycles. The largest absolute Gasteiger partial charge is 0.481 e. The molecule has 2 N–H and O–H groups in total. The van der Waals surface area contributed by atoms with Gasteiger partial charge in [-0.05, 0) is 12.1 Å². The van der Waals surface area contributed by atoms with Crippen LogP contribution in [0.25, 0.3) is 0 Å². The summed E-state index contributed by atoms with van der Waals surface area (Å²) in [5.41, 5.74) is 0. The van der Waals surface area contributed by atoms with E-state index in [4.69, 9.17) is 21.4 Å². The van der Waals surface area contributed by atoms with Gasteiger partial charge in [-0.2, -0.15) is 0 Å². The molecule has 1 heterocycles. The van der Waals surface area contributed by atoms with E-state index in [0.29, 0.717) is 4.34 Å². The SMILES string of the molecule is COC(CNS(=O)(=O)c1ccc(Cl)s1)CC(=O)O. The third-order valence-corrected chi connectivity index (χ3v) is 5.20. The van der Waals surface area contributed by atoms with Gasteiger partial charge in [0.1, 0.15) is 4.21 Å². The summed E-state index contributed by atoms with van der Waals surface area (Å²) in [5, 5.41) is 8.59. The minimum Gasteiger partial charge on any atom is -0.481 e. The van der Waals surface area contributed by atoms with Crippen LogP contribution in [0.3, 0.4) is 0 Å². The van der Waals surface area contributed by atoms with Crippen molar-refractivity contribution in [2.45, 2.75) is 16.7 Å². The molecule has 0 fully saturated rings. The smallest absolute Gasteiger partial charge is 0.306 e. The van der Waals surface area contributed by atoms with Gasteiger partial charge in [-0.3, -0.25) is 4.79 Å². The summed E-state index contributed by atoms with van der Waals surface area (Å²) < 4.78 is 31.2. The lowest BCUT2D eigenvalue weighted by Crippen LogP contribution is -2.34. The van der Waals surface area contributed by atoms with Crippen LogP contribution in [0.15, 0.2) is 16.3 Å². The molecule has 0 aliphatic rings. The number of hydrogen-bond acceptors (Lipinski definition) is 5. The Bertz CT molecular complexity index is 513. The number of hydrogen-bond donors (Lipinski definition) is 2. The molecular weight excluding hydrogens is 302 g/mol. The number of carboxylic acids is 1. The van der Waals surface area contributed by atoms with Crippen LogP contribution >= 0.6 is 22.9 Å². The van der Waals surface area contributed by atoms with Gasteiger partial charge < -0.3 is 9.84 Å². The van der Waals surface area contributed by atoms with Crippen LogP contribution in [-0.2, 0) is 19.6 Å². The summed E-state index contributed by atoms with van der Waals surface area (Å²) in [7, 11) is -2.35. The Morgan fingerprint density at radius 3 is 2.72 bits per heavy atom. The maximum atomic E-state index is 11.8. The summed E-state index contributed by atoms with van der Waals surface area (Å²) in [4.78, 5) is 10.5. The van der Waals surface area contributed by atoms with E-state index in [2.05, 4.69) is 4.72 Å². The molecule has 1 atom stereocenters. The maximum absolute atomic E-state index is 11.8. The lowest BCUT2D eigenvalue weighted by atomic mass is 10.2. The molecule has 0 saturated carbocycles. The van der Waals surface area contributed by atoms with Crippen molar-refractivity contribution < 1.29 is 23.1 Å². The van der Waals surface area contributed by atoms with Gasteiger partial charge in [-0.1, -0.05) is 11.6 Å². The van der Waals surface area contributed by atoms with Crippen LogP contribution < -0.4 is 4.72 Å². The third kappa shape index (κ3) is 4.54. The monoisotopic (exact) mass is 313 g/mol. The van der Waals surface area contributed by atoms with Gasteiger partial charge in [0, 0.05) is 13.7 Å². The number of carboxylic acid groups (broad SMARTS) is 1. The van der Waals surface area contributed by atoms with E-state index < -0.39 is 22.1 Å². The molecule has 1 unspecified atom stereocenters. The van der Waals surface area contributed by atoms with E-state index in [1.807, 2.05) is 0 Å². The second-order valence-corrected chi connectivity index (χ2v) is 7.07. The summed E-state index contributed by atoms with van der Waals surface area (Å²) in [6.45, 7) is -0.110. The zero-order valence-electron chi connectivity index (χ0n) is 9.42. The molecule has 1 aromatic rings. The quantitative estimate of drug-likeness (QED) is 0.788. The highest BCUT2D eigenvalue weighted by atomic mass is 35.5. The molecule has 6 nitrogen and oxygen atoms in total. The van der Waals surface area contributed by atoms with E-state index >= 15 is 0 Å². The Hall–Kier alpha value is -0.670. The predicted molar refractivity (Wildman–Crippen MR) is 67.6 cm³/mol. The standard InChI is InChI=1S/C9H12ClNO5S2/c1-16-6(4-8(12)13)5-11-18(14,15)9-3-2-7(10)17-9/h2-3,6,11H,4-5H2,1H3,(H,12,13). The maximum Gasteiger partial charge on any atom is 0.306 e. The number of ether oxygens (including phenoxy) is 1. The number of thiophene rings is 1. The normalized spacial score (nSPS) is 13.4. The molecule has 0 bridgehead atoms. The van der Waals surface area contributed by atoms with Crippen LogP contribution in [0.1, 0.15) is 6.42 Å². The van der Waals surface area contributed by atoms with Crippen LogP contribution in [-0.4, -0.2) is 39.3 Å². The Morgan fingerprint density at radius 2 is 2.28 bits per heavy atom. The fourth-order valence-electron chi connectivity index (χ4n) is 1.15. The van der Waals surface area contributed by atoms with Crippen molar-refractivity contribution in [1.82, 2.24) is 4.72 Å². The molecular formula is C9H12ClNO5S2. The van der Waals surface area contributed by atoms with Gasteiger partial charge >= 0.3 is 5.97 Å². The Labute approximate surface area is 114 Å². The molecule has 1 aromatic heterocycles. The van der Waals surface area contributed by atoms with Crippen molar-refractivity contribution in [3.8, 4) is 0 Å². The minimum absolute atomic E-state index is 0.0812. The molecule has 9 heteroatoms. The summed E-state index contributed by atoms with van der Waals surface area (Å²) >= 11 is 6.57.